The molecule has 0 spiro atoms. The number of ether oxygens (including phenoxy) is 2. The molecule has 1 N–H and O–H groups in total. The van der Waals surface area contributed by atoms with E-state index >= 15 is 0 Å². The van der Waals surface area contributed by atoms with Crippen LogP contribution in [0.4, 0.5) is 5.69 Å². The van der Waals surface area contributed by atoms with Crippen LogP contribution in [0.5, 0.6) is 11.5 Å². The number of Topliss-reactive ketones (excluding diaryl/α,β-unsaturated/α-hetero) is 1. The fourth-order valence-electron chi connectivity index (χ4n) is 4.90. The van der Waals surface area contributed by atoms with E-state index in [0.717, 1.165) is 36.8 Å². The van der Waals surface area contributed by atoms with Crippen LogP contribution < -0.4 is 14.4 Å². The predicted octanol–water partition coefficient (Wildman–Crippen LogP) is 5.99. The van der Waals surface area contributed by atoms with Crippen LogP contribution in [-0.4, -0.2) is 30.0 Å². The van der Waals surface area contributed by atoms with Crippen molar-refractivity contribution >= 4 is 23.1 Å². The van der Waals surface area contributed by atoms with Crippen LogP contribution in [0, 0.1) is 0 Å². The molecule has 3 aromatic carbocycles. The molecule has 0 saturated carbocycles. The van der Waals surface area contributed by atoms with Crippen molar-refractivity contribution in [1.29, 1.82) is 0 Å². The van der Waals surface area contributed by atoms with Crippen LogP contribution in [0.2, 0.25) is 0 Å². The molecular formula is C31H31NO5. The van der Waals surface area contributed by atoms with Crippen molar-refractivity contribution in [2.75, 3.05) is 18.1 Å². The molecule has 1 unspecified atom stereocenters. The van der Waals surface area contributed by atoms with Crippen molar-refractivity contribution in [1.82, 2.24) is 0 Å². The number of hydrogen-bond donors (Lipinski definition) is 1. The molecule has 0 bridgehead atoms. The lowest BCUT2D eigenvalue weighted by Crippen LogP contribution is -2.29. The standard InChI is InChI=1S/C31H31NO5/c1-3-5-6-21-9-14-24(15-10-21)32-28(22-11-7-20(4-2)8-12-22)27(30(34)31(32)35)29(33)23-13-16-25-26(19-23)37-18-17-36-25/h7-16,19,28,33H,3-6,17-18H2,1-2H3/b29-27-. The van der Waals surface area contributed by atoms with Gasteiger partial charge in [0, 0.05) is 11.3 Å². The van der Waals surface area contributed by atoms with Crippen LogP contribution in [0.1, 0.15) is 55.0 Å². The molecule has 37 heavy (non-hydrogen) atoms. The summed E-state index contributed by atoms with van der Waals surface area (Å²) in [5.41, 5.74) is 4.15. The third-order valence-corrected chi connectivity index (χ3v) is 7.00. The molecule has 1 atom stereocenters. The molecule has 1 fully saturated rings. The molecule has 2 heterocycles. The van der Waals surface area contributed by atoms with Gasteiger partial charge in [0.2, 0.25) is 0 Å². The van der Waals surface area contributed by atoms with E-state index in [0.29, 0.717) is 36.0 Å². The summed E-state index contributed by atoms with van der Waals surface area (Å²) >= 11 is 0. The third-order valence-electron chi connectivity index (χ3n) is 7.00. The van der Waals surface area contributed by atoms with Crippen molar-refractivity contribution in [2.24, 2.45) is 0 Å². The fourth-order valence-corrected chi connectivity index (χ4v) is 4.90. The highest BCUT2D eigenvalue weighted by molar-refractivity contribution is 6.51. The van der Waals surface area contributed by atoms with E-state index in [-0.39, 0.29) is 11.3 Å². The van der Waals surface area contributed by atoms with E-state index < -0.39 is 17.7 Å². The monoisotopic (exact) mass is 497 g/mol. The van der Waals surface area contributed by atoms with Crippen LogP contribution >= 0.6 is 0 Å². The number of carbonyl (C=O) groups excluding carboxylic acids is 2. The summed E-state index contributed by atoms with van der Waals surface area (Å²) in [4.78, 5) is 28.4. The van der Waals surface area contributed by atoms with Gasteiger partial charge in [0.05, 0.1) is 11.6 Å². The Hall–Kier alpha value is -4.06. The van der Waals surface area contributed by atoms with Crippen LogP contribution in [0.3, 0.4) is 0 Å². The number of unbranched alkanes of at least 4 members (excludes halogenated alkanes) is 1. The number of amides is 1. The van der Waals surface area contributed by atoms with E-state index in [4.69, 9.17) is 9.47 Å². The maximum atomic E-state index is 13.4. The second kappa shape index (κ2) is 10.5. The minimum atomic E-state index is -0.763. The van der Waals surface area contributed by atoms with Crippen molar-refractivity contribution in [3.63, 3.8) is 0 Å². The lowest BCUT2D eigenvalue weighted by molar-refractivity contribution is -0.132. The molecule has 0 aliphatic carbocycles. The number of fused-ring (bicyclic) bond motifs is 1. The van der Waals surface area contributed by atoms with Gasteiger partial charge in [-0.3, -0.25) is 14.5 Å². The van der Waals surface area contributed by atoms with Crippen molar-refractivity contribution in [3.05, 3.63) is 94.6 Å². The second-order valence-corrected chi connectivity index (χ2v) is 9.39. The van der Waals surface area contributed by atoms with Gasteiger partial charge in [0.15, 0.2) is 11.5 Å². The van der Waals surface area contributed by atoms with Gasteiger partial charge in [-0.15, -0.1) is 0 Å². The van der Waals surface area contributed by atoms with Gasteiger partial charge in [-0.2, -0.15) is 0 Å². The molecule has 2 aliphatic rings. The maximum Gasteiger partial charge on any atom is 0.300 e. The third kappa shape index (κ3) is 4.71. The van der Waals surface area contributed by atoms with Crippen LogP contribution in [-0.2, 0) is 22.4 Å². The first-order valence-corrected chi connectivity index (χ1v) is 12.9. The quantitative estimate of drug-likeness (QED) is 0.247. The Balaban J connectivity index is 1.62. The lowest BCUT2D eigenvalue weighted by Gasteiger charge is -2.26. The topological polar surface area (TPSA) is 76.1 Å². The molecule has 0 aromatic heterocycles. The summed E-state index contributed by atoms with van der Waals surface area (Å²) in [6.45, 7) is 5.08. The van der Waals surface area contributed by atoms with Crippen molar-refractivity contribution < 1.29 is 24.2 Å². The number of anilines is 1. The molecule has 3 aromatic rings. The lowest BCUT2D eigenvalue weighted by atomic mass is 9.94. The van der Waals surface area contributed by atoms with Crippen molar-refractivity contribution in [2.45, 2.75) is 45.6 Å². The largest absolute Gasteiger partial charge is 0.507 e. The average molecular weight is 498 g/mol. The van der Waals surface area contributed by atoms with Gasteiger partial charge in [-0.05, 0) is 66.3 Å². The number of ketones is 1. The highest BCUT2D eigenvalue weighted by Gasteiger charge is 2.47. The Labute approximate surface area is 217 Å². The van der Waals surface area contributed by atoms with Gasteiger partial charge >= 0.3 is 0 Å². The van der Waals surface area contributed by atoms with Crippen molar-refractivity contribution in [3.8, 4) is 11.5 Å². The number of aliphatic hydroxyl groups is 1. The SMILES string of the molecule is CCCCc1ccc(N2C(=O)C(=O)/C(=C(\O)c3ccc4c(c3)OCCO4)C2c2ccc(CC)cc2)cc1. The summed E-state index contributed by atoms with van der Waals surface area (Å²) in [7, 11) is 0. The first-order chi connectivity index (χ1) is 18.0. The molecule has 190 valence electrons. The fraction of sp³-hybridized carbons (Fsp3) is 0.290. The minimum absolute atomic E-state index is 0.0565. The Morgan fingerprint density at radius 1 is 0.892 bits per heavy atom. The zero-order valence-corrected chi connectivity index (χ0v) is 21.2. The highest BCUT2D eigenvalue weighted by atomic mass is 16.6. The van der Waals surface area contributed by atoms with E-state index in [1.807, 2.05) is 48.5 Å². The minimum Gasteiger partial charge on any atom is -0.507 e. The molecule has 2 aliphatic heterocycles. The second-order valence-electron chi connectivity index (χ2n) is 9.39. The Bertz CT molecular complexity index is 1340. The Kier molecular flexibility index (Phi) is 6.99. The predicted molar refractivity (Wildman–Crippen MR) is 143 cm³/mol. The van der Waals surface area contributed by atoms with E-state index in [1.165, 1.54) is 10.5 Å². The number of rotatable bonds is 7. The summed E-state index contributed by atoms with van der Waals surface area (Å²) in [5, 5.41) is 11.4. The van der Waals surface area contributed by atoms with Gasteiger partial charge in [-0.1, -0.05) is 56.7 Å². The van der Waals surface area contributed by atoms with Gasteiger partial charge < -0.3 is 14.6 Å². The van der Waals surface area contributed by atoms with E-state index in [2.05, 4.69) is 13.8 Å². The highest BCUT2D eigenvalue weighted by Crippen LogP contribution is 2.43. The first kappa shape index (κ1) is 24.6. The molecule has 5 rings (SSSR count). The summed E-state index contributed by atoms with van der Waals surface area (Å²) < 4.78 is 11.3. The molecule has 6 nitrogen and oxygen atoms in total. The van der Waals surface area contributed by atoms with Gasteiger partial charge in [0.1, 0.15) is 19.0 Å². The number of aliphatic hydroxyl groups excluding tert-OH is 1. The van der Waals surface area contributed by atoms with E-state index in [1.54, 1.807) is 18.2 Å². The normalized spacial score (nSPS) is 18.3. The number of nitrogens with zero attached hydrogens (tertiary/aromatic N) is 1. The number of carbonyl (C=O) groups is 2. The molecule has 6 heteroatoms. The summed E-state index contributed by atoms with van der Waals surface area (Å²) in [6.07, 6.45) is 4.02. The number of hydrogen-bond acceptors (Lipinski definition) is 5. The average Bonchev–Trinajstić information content (AvgIpc) is 3.21. The van der Waals surface area contributed by atoms with Crippen LogP contribution in [0.15, 0.2) is 72.3 Å². The van der Waals surface area contributed by atoms with Crippen LogP contribution in [0.25, 0.3) is 5.76 Å². The smallest absolute Gasteiger partial charge is 0.300 e. The molecule has 0 radical (unpaired) electrons. The molecule has 1 amide bonds. The summed E-state index contributed by atoms with van der Waals surface area (Å²) in [5.74, 6) is -0.534. The zero-order chi connectivity index (χ0) is 25.9. The first-order valence-electron chi connectivity index (χ1n) is 12.9. The maximum absolute atomic E-state index is 13.4. The number of aryl methyl sites for hydroxylation is 2. The van der Waals surface area contributed by atoms with Gasteiger partial charge in [0.25, 0.3) is 11.7 Å². The Morgan fingerprint density at radius 3 is 2.24 bits per heavy atom. The molecule has 1 saturated heterocycles. The Morgan fingerprint density at radius 2 is 1.57 bits per heavy atom. The summed E-state index contributed by atoms with van der Waals surface area (Å²) in [6, 6.07) is 19.9. The number of benzene rings is 3. The van der Waals surface area contributed by atoms with E-state index in [9.17, 15) is 14.7 Å². The molecular weight excluding hydrogens is 466 g/mol. The zero-order valence-electron chi connectivity index (χ0n) is 21.2. The van der Waals surface area contributed by atoms with Gasteiger partial charge in [-0.25, -0.2) is 0 Å².